The van der Waals surface area contributed by atoms with Gasteiger partial charge in [-0.3, -0.25) is 0 Å². The number of nitrogens with one attached hydrogen (secondary N) is 1. The van der Waals surface area contributed by atoms with Gasteiger partial charge in [0.2, 0.25) is 0 Å². The Labute approximate surface area is 108 Å². The van der Waals surface area contributed by atoms with E-state index in [1.807, 2.05) is 0 Å². The molecule has 0 spiro atoms. The monoisotopic (exact) mass is 243 g/mol. The SMILES string of the molecule is CCCCCCNCC(N)CCCCN(C)C. The van der Waals surface area contributed by atoms with Gasteiger partial charge >= 0.3 is 0 Å². The van der Waals surface area contributed by atoms with Gasteiger partial charge in [0.15, 0.2) is 0 Å². The van der Waals surface area contributed by atoms with Crippen molar-refractivity contribution in [2.45, 2.75) is 57.9 Å². The van der Waals surface area contributed by atoms with E-state index < -0.39 is 0 Å². The number of rotatable bonds is 12. The largest absolute Gasteiger partial charge is 0.327 e. The molecule has 104 valence electrons. The zero-order chi connectivity index (χ0) is 12.9. The van der Waals surface area contributed by atoms with Crippen molar-refractivity contribution in [3.8, 4) is 0 Å². The van der Waals surface area contributed by atoms with Crippen LogP contribution in [0.3, 0.4) is 0 Å². The zero-order valence-corrected chi connectivity index (χ0v) is 12.2. The Morgan fingerprint density at radius 3 is 2.47 bits per heavy atom. The molecule has 0 aliphatic rings. The lowest BCUT2D eigenvalue weighted by Gasteiger charge is -2.14. The van der Waals surface area contributed by atoms with Crippen LogP contribution in [-0.2, 0) is 0 Å². The molecule has 0 bridgehead atoms. The van der Waals surface area contributed by atoms with E-state index in [1.54, 1.807) is 0 Å². The van der Waals surface area contributed by atoms with Crippen LogP contribution in [0.1, 0.15) is 51.9 Å². The highest BCUT2D eigenvalue weighted by atomic mass is 15.0. The highest BCUT2D eigenvalue weighted by Gasteiger charge is 2.01. The molecule has 0 aromatic carbocycles. The molecule has 0 rings (SSSR count). The molecular formula is C14H33N3. The zero-order valence-electron chi connectivity index (χ0n) is 12.2. The third-order valence-corrected chi connectivity index (χ3v) is 3.04. The van der Waals surface area contributed by atoms with E-state index in [1.165, 1.54) is 45.1 Å². The Bertz CT molecular complexity index is 148. The van der Waals surface area contributed by atoms with Crippen LogP contribution in [0.15, 0.2) is 0 Å². The smallest absolute Gasteiger partial charge is 0.0165 e. The van der Waals surface area contributed by atoms with E-state index in [-0.39, 0.29) is 0 Å². The van der Waals surface area contributed by atoms with Gasteiger partial charge < -0.3 is 16.0 Å². The first-order chi connectivity index (χ1) is 8.16. The van der Waals surface area contributed by atoms with Crippen molar-refractivity contribution < 1.29 is 0 Å². The molecule has 0 aromatic heterocycles. The minimum Gasteiger partial charge on any atom is -0.327 e. The van der Waals surface area contributed by atoms with E-state index in [2.05, 4.69) is 31.2 Å². The first kappa shape index (κ1) is 16.9. The molecule has 0 aliphatic heterocycles. The van der Waals surface area contributed by atoms with Gasteiger partial charge in [-0.15, -0.1) is 0 Å². The highest BCUT2D eigenvalue weighted by molar-refractivity contribution is 4.65. The van der Waals surface area contributed by atoms with Crippen molar-refractivity contribution in [2.75, 3.05) is 33.7 Å². The first-order valence-electron chi connectivity index (χ1n) is 7.27. The lowest BCUT2D eigenvalue weighted by atomic mass is 10.1. The van der Waals surface area contributed by atoms with E-state index in [9.17, 15) is 0 Å². The Morgan fingerprint density at radius 1 is 1.06 bits per heavy atom. The van der Waals surface area contributed by atoms with Gasteiger partial charge in [-0.2, -0.15) is 0 Å². The maximum absolute atomic E-state index is 6.06. The summed E-state index contributed by atoms with van der Waals surface area (Å²) in [5, 5.41) is 3.46. The van der Waals surface area contributed by atoms with Gasteiger partial charge in [-0.1, -0.05) is 32.6 Å². The van der Waals surface area contributed by atoms with Crippen LogP contribution in [0, 0.1) is 0 Å². The number of unbranched alkanes of at least 4 members (excludes halogenated alkanes) is 4. The molecule has 0 aliphatic carbocycles. The fourth-order valence-corrected chi connectivity index (χ4v) is 1.90. The fourth-order valence-electron chi connectivity index (χ4n) is 1.90. The number of nitrogens with two attached hydrogens (primary N) is 1. The molecule has 0 aromatic rings. The molecule has 0 amide bonds. The van der Waals surface area contributed by atoms with Crippen LogP contribution in [-0.4, -0.2) is 44.7 Å². The Balaban J connectivity index is 3.14. The predicted molar refractivity (Wildman–Crippen MR) is 77.4 cm³/mol. The summed E-state index contributed by atoms with van der Waals surface area (Å²) < 4.78 is 0. The second kappa shape index (κ2) is 12.3. The summed E-state index contributed by atoms with van der Waals surface area (Å²) >= 11 is 0. The molecule has 3 heteroatoms. The van der Waals surface area contributed by atoms with Crippen molar-refractivity contribution in [2.24, 2.45) is 5.73 Å². The van der Waals surface area contributed by atoms with E-state index >= 15 is 0 Å². The molecule has 0 saturated carbocycles. The van der Waals surface area contributed by atoms with Gasteiger partial charge in [0.05, 0.1) is 0 Å². The number of nitrogens with zero attached hydrogens (tertiary/aromatic N) is 1. The van der Waals surface area contributed by atoms with Gasteiger partial charge in [0, 0.05) is 12.6 Å². The van der Waals surface area contributed by atoms with E-state index in [0.29, 0.717) is 6.04 Å². The summed E-state index contributed by atoms with van der Waals surface area (Å²) in [4.78, 5) is 2.23. The third-order valence-electron chi connectivity index (χ3n) is 3.04. The molecule has 3 N–H and O–H groups in total. The van der Waals surface area contributed by atoms with E-state index in [0.717, 1.165) is 19.5 Å². The lowest BCUT2D eigenvalue weighted by molar-refractivity contribution is 0.385. The number of hydrogen-bond donors (Lipinski definition) is 2. The van der Waals surface area contributed by atoms with Crippen molar-refractivity contribution >= 4 is 0 Å². The summed E-state index contributed by atoms with van der Waals surface area (Å²) in [7, 11) is 4.25. The summed E-state index contributed by atoms with van der Waals surface area (Å²) in [6, 6.07) is 0.336. The molecule has 0 heterocycles. The average Bonchev–Trinajstić information content (AvgIpc) is 2.29. The maximum atomic E-state index is 6.06. The Kier molecular flexibility index (Phi) is 12.3. The summed E-state index contributed by atoms with van der Waals surface area (Å²) in [5.41, 5.74) is 6.06. The molecule has 1 unspecified atom stereocenters. The average molecular weight is 243 g/mol. The quantitative estimate of drug-likeness (QED) is 0.516. The van der Waals surface area contributed by atoms with Crippen LogP contribution in [0.5, 0.6) is 0 Å². The fraction of sp³-hybridized carbons (Fsp3) is 1.00. The van der Waals surface area contributed by atoms with Crippen molar-refractivity contribution in [1.29, 1.82) is 0 Å². The Morgan fingerprint density at radius 2 is 1.82 bits per heavy atom. The maximum Gasteiger partial charge on any atom is 0.0165 e. The second-order valence-corrected chi connectivity index (χ2v) is 5.32. The molecule has 3 nitrogen and oxygen atoms in total. The standard InChI is InChI=1S/C14H33N3/c1-4-5-6-8-11-16-13-14(15)10-7-9-12-17(2)3/h14,16H,4-13,15H2,1-3H3. The predicted octanol–water partition coefficient (Wildman–Crippen LogP) is 2.22. The molecular weight excluding hydrogens is 210 g/mol. The lowest BCUT2D eigenvalue weighted by Crippen LogP contribution is -2.34. The first-order valence-corrected chi connectivity index (χ1v) is 7.27. The minimum absolute atomic E-state index is 0.336. The van der Waals surface area contributed by atoms with Gasteiger partial charge in [0.25, 0.3) is 0 Å². The van der Waals surface area contributed by atoms with Crippen LogP contribution < -0.4 is 11.1 Å². The summed E-state index contributed by atoms with van der Waals surface area (Å²) in [6.45, 7) is 5.54. The van der Waals surface area contributed by atoms with Crippen molar-refractivity contribution in [3.63, 3.8) is 0 Å². The topological polar surface area (TPSA) is 41.3 Å². The normalized spacial score (nSPS) is 13.2. The highest BCUT2D eigenvalue weighted by Crippen LogP contribution is 2.00. The number of hydrogen-bond acceptors (Lipinski definition) is 3. The van der Waals surface area contributed by atoms with E-state index in [4.69, 9.17) is 5.73 Å². The van der Waals surface area contributed by atoms with Crippen LogP contribution in [0.25, 0.3) is 0 Å². The second-order valence-electron chi connectivity index (χ2n) is 5.32. The van der Waals surface area contributed by atoms with Crippen molar-refractivity contribution in [3.05, 3.63) is 0 Å². The van der Waals surface area contributed by atoms with Gasteiger partial charge in [-0.25, -0.2) is 0 Å². The van der Waals surface area contributed by atoms with Crippen LogP contribution in [0.2, 0.25) is 0 Å². The van der Waals surface area contributed by atoms with Crippen LogP contribution in [0.4, 0.5) is 0 Å². The summed E-state index contributed by atoms with van der Waals surface area (Å²) in [5.74, 6) is 0. The molecule has 0 radical (unpaired) electrons. The van der Waals surface area contributed by atoms with Gasteiger partial charge in [0.1, 0.15) is 0 Å². The molecule has 1 atom stereocenters. The molecule has 0 fully saturated rings. The van der Waals surface area contributed by atoms with Crippen molar-refractivity contribution in [1.82, 2.24) is 10.2 Å². The van der Waals surface area contributed by atoms with Crippen LogP contribution >= 0.6 is 0 Å². The Hall–Kier alpha value is -0.120. The minimum atomic E-state index is 0.336. The molecule has 17 heavy (non-hydrogen) atoms. The third kappa shape index (κ3) is 13.8. The molecule has 0 saturated heterocycles. The summed E-state index contributed by atoms with van der Waals surface area (Å²) in [6.07, 6.45) is 8.97. The van der Waals surface area contributed by atoms with Gasteiger partial charge in [-0.05, 0) is 46.4 Å².